The Hall–Kier alpha value is -3.31. The lowest BCUT2D eigenvalue weighted by Crippen LogP contribution is -2.25. The first-order valence-electron chi connectivity index (χ1n) is 9.29. The summed E-state index contributed by atoms with van der Waals surface area (Å²) in [6, 6.07) is 19.3. The third kappa shape index (κ3) is 4.25. The van der Waals surface area contributed by atoms with E-state index in [0.29, 0.717) is 22.9 Å². The molecule has 4 rings (SSSR count). The first-order valence-corrected chi connectivity index (χ1v) is 9.66. The molecule has 2 aromatic heterocycles. The minimum atomic E-state index is -0.188. The van der Waals surface area contributed by atoms with E-state index >= 15 is 0 Å². The summed E-state index contributed by atoms with van der Waals surface area (Å²) < 4.78 is 7.28. The Morgan fingerprint density at radius 3 is 2.72 bits per heavy atom. The molecular weight excluding hydrogens is 386 g/mol. The second-order valence-corrected chi connectivity index (χ2v) is 7.08. The van der Waals surface area contributed by atoms with Gasteiger partial charge in [0.05, 0.1) is 7.11 Å². The molecule has 0 atom stereocenters. The van der Waals surface area contributed by atoms with Crippen molar-refractivity contribution >= 4 is 23.2 Å². The van der Waals surface area contributed by atoms with Gasteiger partial charge in [0.1, 0.15) is 17.1 Å². The van der Waals surface area contributed by atoms with Crippen molar-refractivity contribution in [2.45, 2.75) is 6.42 Å². The molecule has 5 nitrogen and oxygen atoms in total. The number of carbonyl (C=O) groups is 1. The summed E-state index contributed by atoms with van der Waals surface area (Å²) in [7, 11) is 1.63. The number of methoxy groups -OCH3 is 1. The van der Waals surface area contributed by atoms with Crippen LogP contribution in [0, 0.1) is 0 Å². The smallest absolute Gasteiger partial charge is 0.271 e. The molecule has 0 aliphatic carbocycles. The lowest BCUT2D eigenvalue weighted by Gasteiger charge is -2.09. The average molecular weight is 406 g/mol. The monoisotopic (exact) mass is 405 g/mol. The van der Waals surface area contributed by atoms with Crippen LogP contribution in [0.15, 0.2) is 73.1 Å². The van der Waals surface area contributed by atoms with Crippen molar-refractivity contribution in [3.63, 3.8) is 0 Å². The van der Waals surface area contributed by atoms with E-state index in [1.54, 1.807) is 19.4 Å². The van der Waals surface area contributed by atoms with E-state index in [0.717, 1.165) is 23.3 Å². The SMILES string of the molecule is COc1ccc(Cl)cc1-c1ccc2nc(C(=O)NCCc3ccccc3)cn2c1. The summed E-state index contributed by atoms with van der Waals surface area (Å²) in [6.07, 6.45) is 4.42. The number of imidazole rings is 1. The molecule has 1 amide bonds. The topological polar surface area (TPSA) is 55.6 Å². The number of amides is 1. The fourth-order valence-corrected chi connectivity index (χ4v) is 3.39. The summed E-state index contributed by atoms with van der Waals surface area (Å²) in [4.78, 5) is 16.9. The number of rotatable bonds is 6. The lowest BCUT2D eigenvalue weighted by atomic mass is 10.1. The molecule has 6 heteroatoms. The van der Waals surface area contributed by atoms with Crippen LogP contribution in [0.3, 0.4) is 0 Å². The Morgan fingerprint density at radius 1 is 1.10 bits per heavy atom. The van der Waals surface area contributed by atoms with Crippen LogP contribution in [0.2, 0.25) is 5.02 Å². The Labute approximate surface area is 173 Å². The zero-order valence-electron chi connectivity index (χ0n) is 15.9. The van der Waals surface area contributed by atoms with Gasteiger partial charge in [0.25, 0.3) is 5.91 Å². The minimum absolute atomic E-state index is 0.188. The van der Waals surface area contributed by atoms with Gasteiger partial charge < -0.3 is 14.5 Å². The molecular formula is C23H20ClN3O2. The number of hydrogen-bond acceptors (Lipinski definition) is 3. The predicted octanol–water partition coefficient (Wildman–Crippen LogP) is 4.64. The highest BCUT2D eigenvalue weighted by molar-refractivity contribution is 6.31. The van der Waals surface area contributed by atoms with E-state index in [2.05, 4.69) is 10.3 Å². The molecule has 0 aliphatic rings. The molecule has 146 valence electrons. The summed E-state index contributed by atoms with van der Waals surface area (Å²) in [5.74, 6) is 0.541. The predicted molar refractivity (Wildman–Crippen MR) is 115 cm³/mol. The summed E-state index contributed by atoms with van der Waals surface area (Å²) in [6.45, 7) is 0.557. The summed E-state index contributed by atoms with van der Waals surface area (Å²) >= 11 is 6.15. The average Bonchev–Trinajstić information content (AvgIpc) is 3.18. The lowest BCUT2D eigenvalue weighted by molar-refractivity contribution is 0.0950. The third-order valence-electron chi connectivity index (χ3n) is 4.70. The van der Waals surface area contributed by atoms with E-state index < -0.39 is 0 Å². The largest absolute Gasteiger partial charge is 0.496 e. The molecule has 0 unspecified atom stereocenters. The van der Waals surface area contributed by atoms with Gasteiger partial charge in [-0.15, -0.1) is 0 Å². The van der Waals surface area contributed by atoms with Crippen molar-refractivity contribution in [1.82, 2.24) is 14.7 Å². The molecule has 29 heavy (non-hydrogen) atoms. The zero-order chi connectivity index (χ0) is 20.2. The minimum Gasteiger partial charge on any atom is -0.496 e. The van der Waals surface area contributed by atoms with E-state index in [1.807, 2.05) is 65.2 Å². The Balaban J connectivity index is 1.52. The van der Waals surface area contributed by atoms with Crippen LogP contribution in [0.5, 0.6) is 5.75 Å². The molecule has 2 heterocycles. The van der Waals surface area contributed by atoms with Gasteiger partial charge in [0.15, 0.2) is 0 Å². The van der Waals surface area contributed by atoms with Crippen molar-refractivity contribution in [3.8, 4) is 16.9 Å². The normalized spacial score (nSPS) is 10.8. The molecule has 0 spiro atoms. The fourth-order valence-electron chi connectivity index (χ4n) is 3.22. The number of halogens is 1. The number of nitrogens with one attached hydrogen (secondary N) is 1. The molecule has 0 aliphatic heterocycles. The van der Waals surface area contributed by atoms with Crippen molar-refractivity contribution in [2.24, 2.45) is 0 Å². The number of hydrogen-bond donors (Lipinski definition) is 1. The quantitative estimate of drug-likeness (QED) is 0.508. The van der Waals surface area contributed by atoms with Gasteiger partial charge in [-0.1, -0.05) is 41.9 Å². The first-order chi connectivity index (χ1) is 14.1. The number of carbonyl (C=O) groups excluding carboxylic acids is 1. The highest BCUT2D eigenvalue weighted by Crippen LogP contribution is 2.32. The van der Waals surface area contributed by atoms with Gasteiger partial charge in [0, 0.05) is 35.1 Å². The van der Waals surface area contributed by atoms with Gasteiger partial charge in [-0.05, 0) is 42.3 Å². The van der Waals surface area contributed by atoms with Gasteiger partial charge in [0.2, 0.25) is 0 Å². The van der Waals surface area contributed by atoms with Crippen molar-refractivity contribution in [1.29, 1.82) is 0 Å². The Kier molecular flexibility index (Phi) is 5.49. The maximum atomic E-state index is 12.5. The van der Waals surface area contributed by atoms with Crippen LogP contribution >= 0.6 is 11.6 Å². The Morgan fingerprint density at radius 2 is 1.93 bits per heavy atom. The number of ether oxygens (including phenoxy) is 1. The third-order valence-corrected chi connectivity index (χ3v) is 4.93. The number of aromatic nitrogens is 2. The molecule has 4 aromatic rings. The Bertz CT molecular complexity index is 1160. The van der Waals surface area contributed by atoms with E-state index in [4.69, 9.17) is 16.3 Å². The highest BCUT2D eigenvalue weighted by Gasteiger charge is 2.12. The van der Waals surface area contributed by atoms with Gasteiger partial charge in [-0.2, -0.15) is 0 Å². The maximum Gasteiger partial charge on any atom is 0.271 e. The van der Waals surface area contributed by atoms with Crippen LogP contribution in [-0.4, -0.2) is 28.9 Å². The van der Waals surface area contributed by atoms with Crippen LogP contribution < -0.4 is 10.1 Å². The molecule has 0 bridgehead atoms. The molecule has 0 saturated carbocycles. The second kappa shape index (κ2) is 8.37. The van der Waals surface area contributed by atoms with Crippen LogP contribution in [-0.2, 0) is 6.42 Å². The van der Waals surface area contributed by atoms with Crippen LogP contribution in [0.1, 0.15) is 16.1 Å². The highest BCUT2D eigenvalue weighted by atomic mass is 35.5. The zero-order valence-corrected chi connectivity index (χ0v) is 16.7. The van der Waals surface area contributed by atoms with Crippen molar-refractivity contribution in [3.05, 3.63) is 89.3 Å². The van der Waals surface area contributed by atoms with Gasteiger partial charge >= 0.3 is 0 Å². The van der Waals surface area contributed by atoms with E-state index in [9.17, 15) is 4.79 Å². The second-order valence-electron chi connectivity index (χ2n) is 6.65. The molecule has 0 fully saturated rings. The molecule has 0 saturated heterocycles. The number of benzene rings is 2. The van der Waals surface area contributed by atoms with Crippen molar-refractivity contribution in [2.75, 3.05) is 13.7 Å². The first kappa shape index (κ1) is 19.0. The van der Waals surface area contributed by atoms with Crippen LogP contribution in [0.25, 0.3) is 16.8 Å². The van der Waals surface area contributed by atoms with E-state index in [-0.39, 0.29) is 5.91 Å². The summed E-state index contributed by atoms with van der Waals surface area (Å²) in [5, 5.41) is 3.56. The molecule has 0 radical (unpaired) electrons. The van der Waals surface area contributed by atoms with Gasteiger partial charge in [-0.3, -0.25) is 4.79 Å². The maximum absolute atomic E-state index is 12.5. The number of pyridine rings is 1. The van der Waals surface area contributed by atoms with Crippen LogP contribution in [0.4, 0.5) is 0 Å². The van der Waals surface area contributed by atoms with E-state index in [1.165, 1.54) is 5.56 Å². The molecule has 2 aromatic carbocycles. The summed E-state index contributed by atoms with van der Waals surface area (Å²) in [5.41, 5.74) is 4.06. The number of nitrogens with zero attached hydrogens (tertiary/aromatic N) is 2. The standard InChI is InChI=1S/C23H20ClN3O2/c1-29-21-9-8-18(24)13-19(21)17-7-10-22-26-20(15-27(22)14-17)23(28)25-12-11-16-5-3-2-4-6-16/h2-10,13-15H,11-12H2,1H3,(H,25,28). The fraction of sp³-hybridized carbons (Fsp3) is 0.130. The van der Waals surface area contributed by atoms with Crippen molar-refractivity contribution < 1.29 is 9.53 Å². The number of fused-ring (bicyclic) bond motifs is 1. The van der Waals surface area contributed by atoms with Gasteiger partial charge in [-0.25, -0.2) is 4.98 Å². The molecule has 1 N–H and O–H groups in total.